The molecule has 1 saturated heterocycles. The van der Waals surface area contributed by atoms with E-state index in [-0.39, 0.29) is 29.9 Å². The molecule has 2 amide bonds. The fourth-order valence-electron chi connectivity index (χ4n) is 3.09. The predicted molar refractivity (Wildman–Crippen MR) is 85.9 cm³/mol. The fourth-order valence-corrected chi connectivity index (χ4v) is 3.09. The van der Waals surface area contributed by atoms with E-state index in [1.54, 1.807) is 0 Å². The number of amides is 2. The Bertz CT molecular complexity index is 355. The molecule has 4 nitrogen and oxygen atoms in total. The van der Waals surface area contributed by atoms with E-state index < -0.39 is 0 Å². The summed E-state index contributed by atoms with van der Waals surface area (Å²) in [5, 5.41) is 2.88. The third-order valence-electron chi connectivity index (χ3n) is 4.32. The molecule has 1 aliphatic heterocycles. The predicted octanol–water partition coefficient (Wildman–Crippen LogP) is 3.11. The molecule has 0 aromatic carbocycles. The first kappa shape index (κ1) is 18.0. The minimum atomic E-state index is -0.345. The van der Waals surface area contributed by atoms with E-state index in [9.17, 15) is 9.59 Å². The number of rotatable bonds is 8. The van der Waals surface area contributed by atoms with Gasteiger partial charge in [0, 0.05) is 6.04 Å². The third-order valence-corrected chi connectivity index (χ3v) is 4.32. The van der Waals surface area contributed by atoms with Gasteiger partial charge in [-0.25, -0.2) is 0 Å². The van der Waals surface area contributed by atoms with Crippen molar-refractivity contribution in [1.29, 1.82) is 0 Å². The number of carbonyl (C=O) groups excluding carboxylic acids is 2. The van der Waals surface area contributed by atoms with Crippen LogP contribution in [0.4, 0.5) is 0 Å². The fraction of sp³-hybridized carbons (Fsp3) is 0.882. The minimum Gasteiger partial charge on any atom is -0.343 e. The number of piperazine rings is 1. The average Bonchev–Trinajstić information content (AvgIpc) is 2.40. The summed E-state index contributed by atoms with van der Waals surface area (Å²) in [6.45, 7) is 10.3. The van der Waals surface area contributed by atoms with Crippen molar-refractivity contribution in [3.8, 4) is 0 Å². The van der Waals surface area contributed by atoms with Crippen molar-refractivity contribution in [3.05, 3.63) is 0 Å². The van der Waals surface area contributed by atoms with Crippen molar-refractivity contribution in [2.24, 2.45) is 5.92 Å². The quantitative estimate of drug-likeness (QED) is 0.700. The highest BCUT2D eigenvalue weighted by Crippen LogP contribution is 2.21. The summed E-state index contributed by atoms with van der Waals surface area (Å²) >= 11 is 0. The summed E-state index contributed by atoms with van der Waals surface area (Å²) in [4.78, 5) is 26.6. The lowest BCUT2D eigenvalue weighted by molar-refractivity contribution is -0.151. The van der Waals surface area contributed by atoms with Crippen molar-refractivity contribution >= 4 is 11.8 Å². The Hall–Kier alpha value is -1.06. The maximum atomic E-state index is 12.7. The largest absolute Gasteiger partial charge is 0.343 e. The van der Waals surface area contributed by atoms with Crippen molar-refractivity contribution < 1.29 is 9.59 Å². The number of hydrogen-bond donors (Lipinski definition) is 1. The summed E-state index contributed by atoms with van der Waals surface area (Å²) in [5.41, 5.74) is 0. The van der Waals surface area contributed by atoms with Gasteiger partial charge in [-0.15, -0.1) is 0 Å². The maximum Gasteiger partial charge on any atom is 0.246 e. The van der Waals surface area contributed by atoms with Crippen LogP contribution in [-0.4, -0.2) is 34.8 Å². The Morgan fingerprint density at radius 3 is 2.38 bits per heavy atom. The molecule has 1 N–H and O–H groups in total. The lowest BCUT2D eigenvalue weighted by atomic mass is 9.96. The molecular weight excluding hydrogens is 264 g/mol. The van der Waals surface area contributed by atoms with Gasteiger partial charge in [0.2, 0.25) is 11.8 Å². The van der Waals surface area contributed by atoms with E-state index >= 15 is 0 Å². The maximum absolute atomic E-state index is 12.7. The molecule has 0 aromatic rings. The SMILES string of the molecule is CCCCCCC(C)N1C(=O)C(CC(C)C)NC(=O)C1C. The van der Waals surface area contributed by atoms with Crippen LogP contribution in [0.25, 0.3) is 0 Å². The number of nitrogens with one attached hydrogen (secondary N) is 1. The van der Waals surface area contributed by atoms with Crippen molar-refractivity contribution in [2.75, 3.05) is 0 Å². The zero-order valence-electron chi connectivity index (χ0n) is 14.3. The zero-order chi connectivity index (χ0) is 16.0. The lowest BCUT2D eigenvalue weighted by Gasteiger charge is -2.41. The number of carbonyl (C=O) groups is 2. The van der Waals surface area contributed by atoms with Crippen LogP contribution in [0, 0.1) is 5.92 Å². The Kier molecular flexibility index (Phi) is 7.20. The molecule has 0 saturated carbocycles. The van der Waals surface area contributed by atoms with Gasteiger partial charge < -0.3 is 10.2 Å². The number of unbranched alkanes of at least 4 members (excludes halogenated alkanes) is 3. The van der Waals surface area contributed by atoms with Crippen LogP contribution < -0.4 is 5.32 Å². The molecule has 1 rings (SSSR count). The standard InChI is InChI=1S/C17H32N2O2/c1-6-7-8-9-10-13(4)19-14(5)16(20)18-15(17(19)21)11-12(2)3/h12-15H,6-11H2,1-5H3,(H,18,20). The highest BCUT2D eigenvalue weighted by molar-refractivity contribution is 5.96. The molecule has 0 bridgehead atoms. The second-order valence-corrected chi connectivity index (χ2v) is 6.81. The van der Waals surface area contributed by atoms with Gasteiger partial charge in [-0.05, 0) is 32.6 Å². The molecule has 1 aliphatic rings. The van der Waals surface area contributed by atoms with E-state index in [1.807, 2.05) is 11.8 Å². The normalized spacial score (nSPS) is 24.4. The van der Waals surface area contributed by atoms with Crippen LogP contribution in [0.2, 0.25) is 0 Å². The highest BCUT2D eigenvalue weighted by Gasteiger charge is 2.40. The Balaban J connectivity index is 2.67. The first-order chi connectivity index (χ1) is 9.88. The van der Waals surface area contributed by atoms with Crippen LogP contribution in [0.1, 0.15) is 73.1 Å². The summed E-state index contributed by atoms with van der Waals surface area (Å²) in [6, 6.07) is -0.543. The van der Waals surface area contributed by atoms with Gasteiger partial charge in [-0.1, -0.05) is 46.5 Å². The van der Waals surface area contributed by atoms with Gasteiger partial charge in [0.1, 0.15) is 12.1 Å². The molecule has 3 unspecified atom stereocenters. The van der Waals surface area contributed by atoms with E-state index in [0.29, 0.717) is 5.92 Å². The topological polar surface area (TPSA) is 49.4 Å². The molecule has 0 aromatic heterocycles. The lowest BCUT2D eigenvalue weighted by Crippen LogP contribution is -2.64. The average molecular weight is 296 g/mol. The van der Waals surface area contributed by atoms with Crippen LogP contribution in [0.3, 0.4) is 0 Å². The van der Waals surface area contributed by atoms with Gasteiger partial charge in [0.05, 0.1) is 0 Å². The van der Waals surface area contributed by atoms with E-state index in [1.165, 1.54) is 19.3 Å². The van der Waals surface area contributed by atoms with Gasteiger partial charge in [0.25, 0.3) is 0 Å². The smallest absolute Gasteiger partial charge is 0.246 e. The highest BCUT2D eigenvalue weighted by atomic mass is 16.2. The molecule has 3 atom stereocenters. The second-order valence-electron chi connectivity index (χ2n) is 6.81. The number of nitrogens with zero attached hydrogens (tertiary/aromatic N) is 1. The molecule has 0 aliphatic carbocycles. The molecule has 1 fully saturated rings. The van der Waals surface area contributed by atoms with E-state index in [2.05, 4.69) is 33.0 Å². The van der Waals surface area contributed by atoms with E-state index in [0.717, 1.165) is 19.3 Å². The molecule has 4 heteroatoms. The van der Waals surface area contributed by atoms with Crippen molar-refractivity contribution in [1.82, 2.24) is 10.2 Å². The van der Waals surface area contributed by atoms with Gasteiger partial charge in [0.15, 0.2) is 0 Å². The molecule has 0 spiro atoms. The summed E-state index contributed by atoms with van der Waals surface area (Å²) in [7, 11) is 0. The minimum absolute atomic E-state index is 0.0133. The Labute approximate surface area is 129 Å². The monoisotopic (exact) mass is 296 g/mol. The van der Waals surface area contributed by atoms with Crippen LogP contribution >= 0.6 is 0 Å². The van der Waals surface area contributed by atoms with Crippen molar-refractivity contribution in [2.45, 2.75) is 91.3 Å². The van der Waals surface area contributed by atoms with Gasteiger partial charge in [-0.2, -0.15) is 0 Å². The zero-order valence-corrected chi connectivity index (χ0v) is 14.3. The molecule has 0 radical (unpaired) electrons. The van der Waals surface area contributed by atoms with Crippen LogP contribution in [0.5, 0.6) is 0 Å². The molecule has 21 heavy (non-hydrogen) atoms. The number of hydrogen-bond acceptors (Lipinski definition) is 2. The van der Waals surface area contributed by atoms with Crippen LogP contribution in [-0.2, 0) is 9.59 Å². The molecule has 122 valence electrons. The molecular formula is C17H32N2O2. The van der Waals surface area contributed by atoms with E-state index in [4.69, 9.17) is 0 Å². The van der Waals surface area contributed by atoms with Gasteiger partial charge in [-0.3, -0.25) is 9.59 Å². The Morgan fingerprint density at radius 1 is 1.14 bits per heavy atom. The summed E-state index contributed by atoms with van der Waals surface area (Å²) in [5.74, 6) is 0.480. The first-order valence-electron chi connectivity index (χ1n) is 8.51. The Morgan fingerprint density at radius 2 is 1.81 bits per heavy atom. The van der Waals surface area contributed by atoms with Gasteiger partial charge >= 0.3 is 0 Å². The van der Waals surface area contributed by atoms with Crippen molar-refractivity contribution in [3.63, 3.8) is 0 Å². The summed E-state index contributed by atoms with van der Waals surface area (Å²) < 4.78 is 0. The third kappa shape index (κ3) is 5.01. The first-order valence-corrected chi connectivity index (χ1v) is 8.51. The second kappa shape index (κ2) is 8.40. The summed E-state index contributed by atoms with van der Waals surface area (Å²) in [6.07, 6.45) is 6.49. The molecule has 1 heterocycles. The van der Waals surface area contributed by atoms with Crippen LogP contribution in [0.15, 0.2) is 0 Å².